The fourth-order valence-corrected chi connectivity index (χ4v) is 3.35. The average Bonchev–Trinajstić information content (AvgIpc) is 2.88. The second-order valence-corrected chi connectivity index (χ2v) is 5.78. The molecule has 2 N–H and O–H groups in total. The zero-order valence-electron chi connectivity index (χ0n) is 12.4. The summed E-state index contributed by atoms with van der Waals surface area (Å²) >= 11 is 0. The molecular formula is C15H28N4. The van der Waals surface area contributed by atoms with Gasteiger partial charge in [0.25, 0.3) is 0 Å². The van der Waals surface area contributed by atoms with Crippen LogP contribution in [0.4, 0.5) is 0 Å². The summed E-state index contributed by atoms with van der Waals surface area (Å²) in [5.74, 6) is 3.66. The number of nitrogens with zero attached hydrogens (tertiary/aromatic N) is 3. The molecule has 1 aliphatic carbocycles. The van der Waals surface area contributed by atoms with Crippen molar-refractivity contribution in [3.63, 3.8) is 0 Å². The second-order valence-electron chi connectivity index (χ2n) is 5.78. The summed E-state index contributed by atoms with van der Waals surface area (Å²) in [6.45, 7) is 5.86. The summed E-state index contributed by atoms with van der Waals surface area (Å²) in [5, 5.41) is 8.64. The largest absolute Gasteiger partial charge is 0.324 e. The molecule has 1 heterocycles. The van der Waals surface area contributed by atoms with Crippen molar-refractivity contribution in [2.75, 3.05) is 0 Å². The van der Waals surface area contributed by atoms with Crippen molar-refractivity contribution >= 4 is 0 Å². The Morgan fingerprint density at radius 1 is 1.16 bits per heavy atom. The number of hydrogen-bond donors (Lipinski definition) is 1. The SMILES string of the molecule is CCCCC1CCC(c2nnc(CN)n2CC)CC1. The van der Waals surface area contributed by atoms with Gasteiger partial charge in [0.1, 0.15) is 11.6 Å². The lowest BCUT2D eigenvalue weighted by atomic mass is 9.79. The first kappa shape index (κ1) is 14.5. The van der Waals surface area contributed by atoms with E-state index in [1.165, 1.54) is 50.8 Å². The highest BCUT2D eigenvalue weighted by atomic mass is 15.3. The minimum Gasteiger partial charge on any atom is -0.324 e. The molecule has 19 heavy (non-hydrogen) atoms. The molecule has 0 unspecified atom stereocenters. The van der Waals surface area contributed by atoms with Gasteiger partial charge in [-0.1, -0.05) is 26.2 Å². The maximum Gasteiger partial charge on any atom is 0.146 e. The van der Waals surface area contributed by atoms with Gasteiger partial charge in [-0.2, -0.15) is 0 Å². The van der Waals surface area contributed by atoms with Crippen molar-refractivity contribution in [1.29, 1.82) is 0 Å². The van der Waals surface area contributed by atoms with Gasteiger partial charge in [0, 0.05) is 12.5 Å². The van der Waals surface area contributed by atoms with Crippen LogP contribution in [0.25, 0.3) is 0 Å². The monoisotopic (exact) mass is 264 g/mol. The Morgan fingerprint density at radius 2 is 1.89 bits per heavy atom. The van der Waals surface area contributed by atoms with Crippen LogP contribution in [0.5, 0.6) is 0 Å². The van der Waals surface area contributed by atoms with Crippen LogP contribution in [0, 0.1) is 5.92 Å². The third-order valence-corrected chi connectivity index (χ3v) is 4.53. The van der Waals surface area contributed by atoms with Gasteiger partial charge < -0.3 is 10.3 Å². The standard InChI is InChI=1S/C15H28N4/c1-3-5-6-12-7-9-13(10-8-12)15-18-17-14(11-16)19(15)4-2/h12-13H,3-11,16H2,1-2H3. The van der Waals surface area contributed by atoms with Gasteiger partial charge >= 0.3 is 0 Å². The van der Waals surface area contributed by atoms with E-state index in [0.29, 0.717) is 12.5 Å². The van der Waals surface area contributed by atoms with Crippen LogP contribution in [0.15, 0.2) is 0 Å². The Morgan fingerprint density at radius 3 is 2.47 bits per heavy atom. The van der Waals surface area contributed by atoms with Crippen molar-refractivity contribution in [2.45, 2.75) is 77.8 Å². The van der Waals surface area contributed by atoms with Crippen LogP contribution < -0.4 is 5.73 Å². The quantitative estimate of drug-likeness (QED) is 0.858. The average molecular weight is 264 g/mol. The van der Waals surface area contributed by atoms with E-state index in [-0.39, 0.29) is 0 Å². The Labute approximate surface area is 116 Å². The highest BCUT2D eigenvalue weighted by Crippen LogP contribution is 2.37. The van der Waals surface area contributed by atoms with Gasteiger partial charge in [0.2, 0.25) is 0 Å². The Hall–Kier alpha value is -0.900. The zero-order chi connectivity index (χ0) is 13.7. The van der Waals surface area contributed by atoms with Gasteiger partial charge in [-0.3, -0.25) is 0 Å². The van der Waals surface area contributed by atoms with E-state index in [9.17, 15) is 0 Å². The summed E-state index contributed by atoms with van der Waals surface area (Å²) in [4.78, 5) is 0. The van der Waals surface area contributed by atoms with Crippen LogP contribution in [0.2, 0.25) is 0 Å². The number of hydrogen-bond acceptors (Lipinski definition) is 3. The molecule has 0 atom stereocenters. The topological polar surface area (TPSA) is 56.7 Å². The molecule has 108 valence electrons. The molecule has 0 aliphatic heterocycles. The molecule has 0 spiro atoms. The molecule has 4 nitrogen and oxygen atoms in total. The van der Waals surface area contributed by atoms with Crippen molar-refractivity contribution in [3.8, 4) is 0 Å². The Balaban J connectivity index is 1.95. The van der Waals surface area contributed by atoms with E-state index in [4.69, 9.17) is 5.73 Å². The summed E-state index contributed by atoms with van der Waals surface area (Å²) in [6.07, 6.45) is 9.39. The molecule has 0 aromatic carbocycles. The van der Waals surface area contributed by atoms with E-state index in [1.54, 1.807) is 0 Å². The fraction of sp³-hybridized carbons (Fsp3) is 0.867. The number of nitrogens with two attached hydrogens (primary N) is 1. The lowest BCUT2D eigenvalue weighted by molar-refractivity contribution is 0.294. The summed E-state index contributed by atoms with van der Waals surface area (Å²) < 4.78 is 2.22. The first-order valence-electron chi connectivity index (χ1n) is 7.92. The second kappa shape index (κ2) is 7.04. The molecule has 1 aromatic rings. The molecule has 0 radical (unpaired) electrons. The normalized spacial score (nSPS) is 23.7. The molecule has 0 amide bonds. The van der Waals surface area contributed by atoms with Crippen molar-refractivity contribution in [1.82, 2.24) is 14.8 Å². The van der Waals surface area contributed by atoms with Crippen molar-refractivity contribution in [2.24, 2.45) is 11.7 Å². The highest BCUT2D eigenvalue weighted by molar-refractivity contribution is 5.03. The summed E-state index contributed by atoms with van der Waals surface area (Å²) in [7, 11) is 0. The molecule has 0 saturated heterocycles. The smallest absolute Gasteiger partial charge is 0.146 e. The minimum atomic E-state index is 0.493. The van der Waals surface area contributed by atoms with Crippen LogP contribution in [-0.4, -0.2) is 14.8 Å². The van der Waals surface area contributed by atoms with E-state index in [0.717, 1.165) is 18.3 Å². The predicted octanol–water partition coefficient (Wildman–Crippen LogP) is 3.22. The van der Waals surface area contributed by atoms with Gasteiger partial charge in [-0.05, 0) is 38.5 Å². The van der Waals surface area contributed by atoms with E-state index in [1.807, 2.05) is 0 Å². The van der Waals surface area contributed by atoms with Gasteiger partial charge in [-0.15, -0.1) is 10.2 Å². The predicted molar refractivity (Wildman–Crippen MR) is 77.8 cm³/mol. The van der Waals surface area contributed by atoms with Crippen molar-refractivity contribution in [3.05, 3.63) is 11.6 Å². The van der Waals surface area contributed by atoms with Gasteiger partial charge in [0.05, 0.1) is 6.54 Å². The molecule has 1 saturated carbocycles. The highest BCUT2D eigenvalue weighted by Gasteiger charge is 2.26. The first-order valence-corrected chi connectivity index (χ1v) is 7.92. The molecule has 2 rings (SSSR count). The molecule has 1 aliphatic rings. The van der Waals surface area contributed by atoms with Crippen LogP contribution in [-0.2, 0) is 13.1 Å². The van der Waals surface area contributed by atoms with Crippen LogP contribution in [0.1, 0.15) is 76.4 Å². The molecule has 1 fully saturated rings. The Bertz CT molecular complexity index is 377. The maximum absolute atomic E-state index is 5.72. The minimum absolute atomic E-state index is 0.493. The van der Waals surface area contributed by atoms with Crippen LogP contribution >= 0.6 is 0 Å². The van der Waals surface area contributed by atoms with Crippen LogP contribution in [0.3, 0.4) is 0 Å². The third kappa shape index (κ3) is 3.35. The Kier molecular flexibility index (Phi) is 5.37. The maximum atomic E-state index is 5.72. The van der Waals surface area contributed by atoms with Gasteiger partial charge in [-0.25, -0.2) is 0 Å². The molecule has 4 heteroatoms. The first-order chi connectivity index (χ1) is 9.30. The van der Waals surface area contributed by atoms with E-state index >= 15 is 0 Å². The van der Waals surface area contributed by atoms with E-state index < -0.39 is 0 Å². The number of aromatic nitrogens is 3. The number of rotatable bonds is 6. The molecular weight excluding hydrogens is 236 g/mol. The summed E-state index contributed by atoms with van der Waals surface area (Å²) in [5.41, 5.74) is 5.72. The third-order valence-electron chi connectivity index (χ3n) is 4.53. The summed E-state index contributed by atoms with van der Waals surface area (Å²) in [6, 6.07) is 0. The van der Waals surface area contributed by atoms with Gasteiger partial charge in [0.15, 0.2) is 0 Å². The van der Waals surface area contributed by atoms with Crippen molar-refractivity contribution < 1.29 is 0 Å². The lowest BCUT2D eigenvalue weighted by Gasteiger charge is -2.28. The molecule has 1 aromatic heterocycles. The number of unbranched alkanes of at least 4 members (excludes halogenated alkanes) is 1. The molecule has 0 bridgehead atoms. The fourth-order valence-electron chi connectivity index (χ4n) is 3.35. The van der Waals surface area contributed by atoms with E-state index in [2.05, 4.69) is 28.6 Å². The zero-order valence-corrected chi connectivity index (χ0v) is 12.4. The lowest BCUT2D eigenvalue weighted by Crippen LogP contribution is -2.18.